The van der Waals surface area contributed by atoms with Crippen LogP contribution in [-0.2, 0) is 22.1 Å². The summed E-state index contributed by atoms with van der Waals surface area (Å²) in [5.41, 5.74) is -0.936. The van der Waals surface area contributed by atoms with Crippen molar-refractivity contribution < 1.29 is 27.4 Å². The largest absolute Gasteiger partial charge is 0.488 e. The van der Waals surface area contributed by atoms with E-state index in [4.69, 9.17) is 21.7 Å². The topological polar surface area (TPSA) is 35.5 Å². The van der Waals surface area contributed by atoms with Crippen LogP contribution in [0.4, 0.5) is 13.2 Å². The molecular weight excluding hydrogens is 541 g/mol. The molecule has 3 aromatic rings. The molecule has 2 aromatic carbocycles. The van der Waals surface area contributed by atoms with E-state index in [1.807, 2.05) is 26.0 Å². The second-order valence-corrected chi connectivity index (χ2v) is 12.6. The summed E-state index contributed by atoms with van der Waals surface area (Å²) in [6.45, 7) is 12.9. The Bertz CT molecular complexity index is 1400. The molecule has 39 heavy (non-hydrogen) atoms. The first-order valence-corrected chi connectivity index (χ1v) is 14.2. The zero-order valence-electron chi connectivity index (χ0n) is 23.0. The first-order valence-electron chi connectivity index (χ1n) is 13.0. The van der Waals surface area contributed by atoms with Gasteiger partial charge in [-0.2, -0.15) is 13.2 Å². The fourth-order valence-electron chi connectivity index (χ4n) is 4.87. The molecule has 0 aliphatic carbocycles. The zero-order chi connectivity index (χ0) is 29.0. The van der Waals surface area contributed by atoms with E-state index in [2.05, 4.69) is 13.5 Å². The van der Waals surface area contributed by atoms with Gasteiger partial charge in [0.15, 0.2) is 0 Å². The quantitative estimate of drug-likeness (QED) is 0.0985. The van der Waals surface area contributed by atoms with Crippen LogP contribution < -0.4 is 4.74 Å². The van der Waals surface area contributed by atoms with Crippen LogP contribution in [0.2, 0.25) is 0 Å². The normalized spacial score (nSPS) is 12.4. The van der Waals surface area contributed by atoms with Gasteiger partial charge in [0.2, 0.25) is 0 Å². The average Bonchev–Trinajstić information content (AvgIpc) is 2.81. The number of carbonyl (C=O) groups excluding carboxylic acids is 1. The van der Waals surface area contributed by atoms with Gasteiger partial charge in [0.05, 0.1) is 9.39 Å². The maximum absolute atomic E-state index is 14.1. The molecule has 0 bridgehead atoms. The third kappa shape index (κ3) is 8.39. The molecule has 0 aliphatic rings. The number of benzene rings is 2. The molecule has 1 aromatic heterocycles. The Morgan fingerprint density at radius 3 is 2.36 bits per heavy atom. The maximum Gasteiger partial charge on any atom is 0.417 e. The molecule has 0 N–H and O–H groups in total. The van der Waals surface area contributed by atoms with E-state index in [9.17, 15) is 18.0 Å². The Kier molecular flexibility index (Phi) is 9.65. The number of ether oxygens (including phenoxy) is 2. The molecule has 0 saturated heterocycles. The van der Waals surface area contributed by atoms with Gasteiger partial charge >= 0.3 is 12.1 Å². The van der Waals surface area contributed by atoms with Crippen LogP contribution >= 0.6 is 23.6 Å². The number of rotatable bonds is 11. The van der Waals surface area contributed by atoms with E-state index in [1.165, 1.54) is 17.4 Å². The number of unbranched alkanes of at least 4 members (excludes halogenated alkanes) is 2. The Balaban J connectivity index is 1.92. The van der Waals surface area contributed by atoms with Crippen molar-refractivity contribution in [3.05, 3.63) is 70.1 Å². The minimum absolute atomic E-state index is 0.0997. The van der Waals surface area contributed by atoms with Gasteiger partial charge in [-0.05, 0) is 87.4 Å². The fourth-order valence-corrected chi connectivity index (χ4v) is 6.21. The lowest BCUT2D eigenvalue weighted by atomic mass is 9.92. The number of hydrogen-bond donors (Lipinski definition) is 0. The first kappa shape index (κ1) is 30.8. The summed E-state index contributed by atoms with van der Waals surface area (Å²) in [5.74, 6) is 0.0843. The van der Waals surface area contributed by atoms with Gasteiger partial charge in [-0.1, -0.05) is 50.7 Å². The van der Waals surface area contributed by atoms with Gasteiger partial charge in [0.25, 0.3) is 0 Å². The van der Waals surface area contributed by atoms with Crippen LogP contribution in [0.1, 0.15) is 71.4 Å². The van der Waals surface area contributed by atoms with E-state index in [0.29, 0.717) is 33.5 Å². The van der Waals surface area contributed by atoms with Crippen molar-refractivity contribution in [2.75, 3.05) is 0 Å². The van der Waals surface area contributed by atoms with Gasteiger partial charge < -0.3 is 9.47 Å². The van der Waals surface area contributed by atoms with Crippen molar-refractivity contribution in [2.45, 2.75) is 84.1 Å². The van der Waals surface area contributed by atoms with Gasteiger partial charge in [0, 0.05) is 22.8 Å². The summed E-state index contributed by atoms with van der Waals surface area (Å²) in [5, 5.41) is 0.772. The summed E-state index contributed by atoms with van der Waals surface area (Å²) in [6, 6.07) is 11.8. The van der Waals surface area contributed by atoms with Crippen molar-refractivity contribution in [3.63, 3.8) is 0 Å². The summed E-state index contributed by atoms with van der Waals surface area (Å²) in [6.07, 6.45) is 0.516. The smallest absolute Gasteiger partial charge is 0.417 e. The molecule has 0 fully saturated rings. The molecule has 0 radical (unpaired) electrons. The van der Waals surface area contributed by atoms with Crippen LogP contribution in [0, 0.1) is 3.82 Å². The zero-order valence-corrected chi connectivity index (χ0v) is 24.7. The number of alkyl halides is 3. The molecule has 210 valence electrons. The molecule has 0 unspecified atom stereocenters. The summed E-state index contributed by atoms with van der Waals surface area (Å²) in [7, 11) is 0. The van der Waals surface area contributed by atoms with Crippen molar-refractivity contribution >= 4 is 39.6 Å². The predicted molar refractivity (Wildman–Crippen MR) is 156 cm³/mol. The predicted octanol–water partition coefficient (Wildman–Crippen LogP) is 10.1. The van der Waals surface area contributed by atoms with E-state index in [1.54, 1.807) is 38.1 Å². The number of esters is 1. The van der Waals surface area contributed by atoms with Crippen molar-refractivity contribution in [3.8, 4) is 16.9 Å². The highest BCUT2D eigenvalue weighted by atomic mass is 32.1. The number of halogens is 3. The van der Waals surface area contributed by atoms with E-state index in [-0.39, 0.29) is 5.56 Å². The monoisotopic (exact) mass is 576 g/mol. The number of hydrogen-bond acceptors (Lipinski definition) is 5. The third-order valence-corrected chi connectivity index (χ3v) is 7.69. The van der Waals surface area contributed by atoms with Crippen LogP contribution in [0.25, 0.3) is 21.2 Å². The summed E-state index contributed by atoms with van der Waals surface area (Å²) in [4.78, 5) is 11.7. The molecule has 0 amide bonds. The Hall–Kier alpha value is -2.71. The lowest BCUT2D eigenvalue weighted by Crippen LogP contribution is -2.40. The van der Waals surface area contributed by atoms with E-state index < -0.39 is 28.9 Å². The lowest BCUT2D eigenvalue weighted by molar-refractivity contribution is -0.154. The van der Waals surface area contributed by atoms with Crippen LogP contribution in [0.5, 0.6) is 5.75 Å². The molecule has 3 nitrogen and oxygen atoms in total. The number of fused-ring (bicyclic) bond motifs is 1. The van der Waals surface area contributed by atoms with Crippen molar-refractivity contribution in [1.82, 2.24) is 0 Å². The highest BCUT2D eigenvalue weighted by molar-refractivity contribution is 7.74. The molecule has 0 spiro atoms. The van der Waals surface area contributed by atoms with Crippen LogP contribution in [-0.4, -0.2) is 17.2 Å². The van der Waals surface area contributed by atoms with Crippen molar-refractivity contribution in [1.29, 1.82) is 0 Å². The standard InChI is InChI=1S/C31H35F3O3S2/c1-7-9-10-11-20-12-15-23(25(16-20)31(32,33)34)24-17-21-13-14-22(18-26(21)39-28(24)38)36-29(3,4)19-30(5,6)37-27(35)8-2/h8,12-18H,2,7,9-11,19H2,1,3-6H3. The Labute approximate surface area is 237 Å². The molecular formula is C31H35F3O3S2. The Morgan fingerprint density at radius 1 is 1.00 bits per heavy atom. The minimum atomic E-state index is -4.49. The molecule has 8 heteroatoms. The number of carbonyl (C=O) groups is 1. The molecule has 0 aliphatic heterocycles. The first-order chi connectivity index (χ1) is 18.1. The van der Waals surface area contributed by atoms with Gasteiger partial charge in [-0.15, -0.1) is 11.3 Å². The van der Waals surface area contributed by atoms with Crippen LogP contribution in [0.15, 0.2) is 55.1 Å². The summed E-state index contributed by atoms with van der Waals surface area (Å²) >= 11 is 6.85. The lowest BCUT2D eigenvalue weighted by Gasteiger charge is -2.34. The minimum Gasteiger partial charge on any atom is -0.488 e. The van der Waals surface area contributed by atoms with Crippen LogP contribution in [0.3, 0.4) is 0 Å². The molecule has 0 atom stereocenters. The van der Waals surface area contributed by atoms with Gasteiger partial charge in [0.1, 0.15) is 17.0 Å². The van der Waals surface area contributed by atoms with Gasteiger partial charge in [-0.25, -0.2) is 4.79 Å². The molecule has 3 rings (SSSR count). The summed E-state index contributed by atoms with van der Waals surface area (Å²) < 4.78 is 55.1. The highest BCUT2D eigenvalue weighted by Gasteiger charge is 2.35. The maximum atomic E-state index is 14.1. The number of aryl methyl sites for hydroxylation is 1. The SMILES string of the molecule is C=CC(=O)OC(C)(C)CC(C)(C)Oc1ccc2cc(-c3ccc(CCCCC)cc3C(F)(F)F)c(=S)sc2c1. The highest BCUT2D eigenvalue weighted by Crippen LogP contribution is 2.41. The van der Waals surface area contributed by atoms with Gasteiger partial charge in [-0.3, -0.25) is 0 Å². The fraction of sp³-hybridized carbons (Fsp3) is 0.419. The second-order valence-electron chi connectivity index (χ2n) is 10.9. The van der Waals surface area contributed by atoms with Crippen molar-refractivity contribution in [2.24, 2.45) is 0 Å². The third-order valence-electron chi connectivity index (χ3n) is 6.25. The molecule has 0 saturated carbocycles. The van der Waals surface area contributed by atoms with E-state index in [0.717, 1.165) is 35.4 Å². The second kappa shape index (κ2) is 12.2. The Morgan fingerprint density at radius 2 is 1.72 bits per heavy atom. The van der Waals surface area contributed by atoms with E-state index >= 15 is 0 Å². The average molecular weight is 577 g/mol. The molecule has 1 heterocycles.